The van der Waals surface area contributed by atoms with Gasteiger partial charge in [-0.25, -0.2) is 0 Å². The van der Waals surface area contributed by atoms with Crippen LogP contribution in [0.3, 0.4) is 0 Å². The third kappa shape index (κ3) is 3.78. The first-order valence-corrected chi connectivity index (χ1v) is 5.72. The molecule has 96 valence electrons. The third-order valence-corrected chi connectivity index (χ3v) is 2.97. The fourth-order valence-corrected chi connectivity index (χ4v) is 1.50. The van der Waals surface area contributed by atoms with Crippen LogP contribution in [-0.2, 0) is 0 Å². The fourth-order valence-electron chi connectivity index (χ4n) is 1.50. The Morgan fingerprint density at radius 2 is 2.35 bits per heavy atom. The number of amidine groups is 1. The van der Waals surface area contributed by atoms with Crippen LogP contribution in [0.1, 0.15) is 39.0 Å². The molecule has 0 aliphatic heterocycles. The van der Waals surface area contributed by atoms with Crippen LogP contribution >= 0.6 is 0 Å². The van der Waals surface area contributed by atoms with Crippen LogP contribution in [0.4, 0.5) is 0 Å². The summed E-state index contributed by atoms with van der Waals surface area (Å²) in [5.41, 5.74) is 5.30. The number of nitrogens with zero attached hydrogens (tertiary/aromatic N) is 1. The van der Waals surface area contributed by atoms with Gasteiger partial charge < -0.3 is 20.7 Å². The van der Waals surface area contributed by atoms with Crippen LogP contribution in [0.15, 0.2) is 28.0 Å². The Hall–Kier alpha value is -1.49. The van der Waals surface area contributed by atoms with Gasteiger partial charge >= 0.3 is 0 Å². The molecule has 0 aliphatic rings. The third-order valence-electron chi connectivity index (χ3n) is 2.97. The zero-order valence-corrected chi connectivity index (χ0v) is 10.6. The number of furan rings is 1. The molecular formula is C12H21N3O2. The van der Waals surface area contributed by atoms with E-state index in [9.17, 15) is 0 Å². The highest BCUT2D eigenvalue weighted by Crippen LogP contribution is 2.20. The first-order chi connectivity index (χ1) is 7.97. The number of rotatable bonds is 6. The van der Waals surface area contributed by atoms with E-state index in [-0.39, 0.29) is 17.3 Å². The van der Waals surface area contributed by atoms with Gasteiger partial charge in [-0.05, 0) is 32.0 Å². The molecule has 0 fully saturated rings. The highest BCUT2D eigenvalue weighted by Gasteiger charge is 2.23. The first kappa shape index (κ1) is 13.6. The van der Waals surface area contributed by atoms with Gasteiger partial charge in [0.05, 0.1) is 12.3 Å². The van der Waals surface area contributed by atoms with E-state index in [2.05, 4.69) is 10.5 Å². The van der Waals surface area contributed by atoms with E-state index in [0.29, 0.717) is 0 Å². The van der Waals surface area contributed by atoms with Crippen LogP contribution in [-0.4, -0.2) is 17.6 Å². The Morgan fingerprint density at radius 1 is 1.65 bits per heavy atom. The molecule has 1 rings (SSSR count). The van der Waals surface area contributed by atoms with Crippen molar-refractivity contribution in [1.82, 2.24) is 5.32 Å². The second-order valence-corrected chi connectivity index (χ2v) is 4.81. The Kier molecular flexibility index (Phi) is 4.57. The molecule has 1 atom stereocenters. The molecule has 1 aromatic heterocycles. The summed E-state index contributed by atoms with van der Waals surface area (Å²) in [7, 11) is 0. The van der Waals surface area contributed by atoms with Crippen LogP contribution in [0.5, 0.6) is 0 Å². The summed E-state index contributed by atoms with van der Waals surface area (Å²) in [5.74, 6) is 1.16. The van der Waals surface area contributed by atoms with Crippen LogP contribution in [0.2, 0.25) is 0 Å². The molecule has 0 bridgehead atoms. The molecule has 0 amide bonds. The first-order valence-electron chi connectivity index (χ1n) is 5.72. The lowest BCUT2D eigenvalue weighted by atomic mass is 9.88. The molecule has 0 saturated heterocycles. The van der Waals surface area contributed by atoms with Gasteiger partial charge in [0.15, 0.2) is 0 Å². The van der Waals surface area contributed by atoms with Crippen molar-refractivity contribution in [3.8, 4) is 0 Å². The van der Waals surface area contributed by atoms with E-state index in [4.69, 9.17) is 15.4 Å². The smallest absolute Gasteiger partial charge is 0.144 e. The predicted octanol–water partition coefficient (Wildman–Crippen LogP) is 2.09. The summed E-state index contributed by atoms with van der Waals surface area (Å²) in [5, 5.41) is 15.0. The largest absolute Gasteiger partial charge is 0.468 e. The molecular weight excluding hydrogens is 218 g/mol. The second kappa shape index (κ2) is 5.72. The maximum atomic E-state index is 8.66. The summed E-state index contributed by atoms with van der Waals surface area (Å²) in [4.78, 5) is 0. The molecule has 0 spiro atoms. The number of hydrogen-bond donors (Lipinski definition) is 3. The van der Waals surface area contributed by atoms with Gasteiger partial charge in [0.1, 0.15) is 11.6 Å². The second-order valence-electron chi connectivity index (χ2n) is 4.81. The van der Waals surface area contributed by atoms with Gasteiger partial charge in [-0.1, -0.05) is 19.0 Å². The molecule has 5 heteroatoms. The molecule has 17 heavy (non-hydrogen) atoms. The molecule has 4 N–H and O–H groups in total. The van der Waals surface area contributed by atoms with E-state index < -0.39 is 0 Å². The summed E-state index contributed by atoms with van der Waals surface area (Å²) in [6, 6.07) is 3.97. The zero-order chi connectivity index (χ0) is 12.9. The van der Waals surface area contributed by atoms with E-state index >= 15 is 0 Å². The van der Waals surface area contributed by atoms with Crippen LogP contribution in [0, 0.1) is 5.41 Å². The average Bonchev–Trinajstić information content (AvgIpc) is 2.80. The van der Waals surface area contributed by atoms with E-state index in [1.807, 2.05) is 32.9 Å². The summed E-state index contributed by atoms with van der Waals surface area (Å²) in [6.45, 7) is 6.70. The van der Waals surface area contributed by atoms with Gasteiger partial charge in [0.2, 0.25) is 0 Å². The van der Waals surface area contributed by atoms with Crippen molar-refractivity contribution in [2.75, 3.05) is 6.54 Å². The molecule has 1 aromatic rings. The number of hydrogen-bond acceptors (Lipinski definition) is 4. The van der Waals surface area contributed by atoms with Crippen molar-refractivity contribution in [1.29, 1.82) is 0 Å². The molecule has 0 saturated carbocycles. The monoisotopic (exact) mass is 239 g/mol. The van der Waals surface area contributed by atoms with Crippen molar-refractivity contribution in [2.45, 2.75) is 33.2 Å². The van der Waals surface area contributed by atoms with Crippen LogP contribution in [0.25, 0.3) is 0 Å². The lowest BCUT2D eigenvalue weighted by molar-refractivity contribution is 0.303. The minimum absolute atomic E-state index is 0.160. The van der Waals surface area contributed by atoms with E-state index in [1.165, 1.54) is 0 Å². The van der Waals surface area contributed by atoms with Crippen molar-refractivity contribution < 1.29 is 9.62 Å². The van der Waals surface area contributed by atoms with E-state index in [1.54, 1.807) is 6.26 Å². The van der Waals surface area contributed by atoms with Crippen molar-refractivity contribution in [2.24, 2.45) is 16.3 Å². The Labute approximate surface area is 102 Å². The Bertz CT molecular complexity index is 358. The predicted molar refractivity (Wildman–Crippen MR) is 66.9 cm³/mol. The van der Waals surface area contributed by atoms with Crippen LogP contribution < -0.4 is 11.1 Å². The maximum Gasteiger partial charge on any atom is 0.144 e. The average molecular weight is 239 g/mol. The SMILES string of the molecule is C[C@@H](NCCC(C)(C)/C(N)=N/O)c1ccco1. The molecule has 1 heterocycles. The zero-order valence-electron chi connectivity index (χ0n) is 10.6. The van der Waals surface area contributed by atoms with Crippen molar-refractivity contribution >= 4 is 5.84 Å². The molecule has 5 nitrogen and oxygen atoms in total. The van der Waals surface area contributed by atoms with Gasteiger partial charge in [0, 0.05) is 5.41 Å². The topological polar surface area (TPSA) is 83.8 Å². The number of nitrogens with two attached hydrogens (primary N) is 1. The Morgan fingerprint density at radius 3 is 2.88 bits per heavy atom. The molecule has 0 aromatic carbocycles. The summed E-state index contributed by atoms with van der Waals surface area (Å²) < 4.78 is 5.30. The minimum Gasteiger partial charge on any atom is -0.468 e. The molecule has 0 unspecified atom stereocenters. The van der Waals surface area contributed by atoms with Gasteiger partial charge in [-0.15, -0.1) is 0 Å². The lowest BCUT2D eigenvalue weighted by Crippen LogP contribution is -2.35. The number of oxime groups is 1. The normalized spacial score (nSPS) is 14.9. The number of nitrogens with one attached hydrogen (secondary N) is 1. The van der Waals surface area contributed by atoms with Gasteiger partial charge in [0.25, 0.3) is 0 Å². The van der Waals surface area contributed by atoms with Crippen molar-refractivity contribution in [3.05, 3.63) is 24.2 Å². The Balaban J connectivity index is 2.38. The lowest BCUT2D eigenvalue weighted by Gasteiger charge is -2.23. The standard InChI is InChI=1S/C12H21N3O2/c1-9(10-5-4-8-17-10)14-7-6-12(2,3)11(13)15-16/h4-5,8-9,14,16H,6-7H2,1-3H3,(H2,13,15)/t9-/m1/s1. The molecule has 0 aliphatic carbocycles. The van der Waals surface area contributed by atoms with Crippen molar-refractivity contribution in [3.63, 3.8) is 0 Å². The van der Waals surface area contributed by atoms with Gasteiger partial charge in [-0.3, -0.25) is 0 Å². The highest BCUT2D eigenvalue weighted by molar-refractivity contribution is 5.85. The summed E-state index contributed by atoms with van der Waals surface area (Å²) >= 11 is 0. The van der Waals surface area contributed by atoms with Gasteiger partial charge in [-0.2, -0.15) is 0 Å². The summed E-state index contributed by atoms with van der Waals surface area (Å²) in [6.07, 6.45) is 2.45. The van der Waals surface area contributed by atoms with E-state index in [0.717, 1.165) is 18.7 Å². The quantitative estimate of drug-likeness (QED) is 0.307. The molecule has 0 radical (unpaired) electrons. The minimum atomic E-state index is -0.315. The maximum absolute atomic E-state index is 8.66. The fraction of sp³-hybridized carbons (Fsp3) is 0.583. The highest BCUT2D eigenvalue weighted by atomic mass is 16.4.